The molecule has 0 aliphatic carbocycles. The number of amides is 1. The van der Waals surface area contributed by atoms with E-state index in [1.807, 2.05) is 41.5 Å². The topological polar surface area (TPSA) is 74.1 Å². The SMILES string of the molecule is COc1ccc2c3c(n(C)c2c1)[C@H](CO)N(C(=O)CN(C)C)CC31CCN(Cc2nccs2)CC1. The molecule has 188 valence electrons. The van der Waals surface area contributed by atoms with E-state index in [1.54, 1.807) is 18.4 Å². The van der Waals surface area contributed by atoms with Crippen LogP contribution in [0.4, 0.5) is 0 Å². The maximum Gasteiger partial charge on any atom is 0.237 e. The van der Waals surface area contributed by atoms with Crippen LogP contribution in [0.1, 0.15) is 35.1 Å². The van der Waals surface area contributed by atoms with Crippen LogP contribution in [0.5, 0.6) is 5.75 Å². The normalized spacial score (nSPS) is 20.1. The van der Waals surface area contributed by atoms with Gasteiger partial charge in [-0.05, 0) is 57.7 Å². The van der Waals surface area contributed by atoms with Gasteiger partial charge in [0.25, 0.3) is 0 Å². The number of aliphatic hydroxyl groups excluding tert-OH is 1. The van der Waals surface area contributed by atoms with Crippen LogP contribution < -0.4 is 4.74 Å². The summed E-state index contributed by atoms with van der Waals surface area (Å²) in [6.07, 6.45) is 3.79. The lowest BCUT2D eigenvalue weighted by Gasteiger charge is -2.50. The second kappa shape index (κ2) is 9.54. The van der Waals surface area contributed by atoms with Crippen LogP contribution in [-0.2, 0) is 23.8 Å². The fourth-order valence-corrected chi connectivity index (χ4v) is 6.71. The van der Waals surface area contributed by atoms with E-state index in [9.17, 15) is 9.90 Å². The van der Waals surface area contributed by atoms with Gasteiger partial charge in [-0.15, -0.1) is 11.3 Å². The molecule has 1 aromatic carbocycles. The summed E-state index contributed by atoms with van der Waals surface area (Å²) in [5.41, 5.74) is 3.29. The average molecular weight is 498 g/mol. The van der Waals surface area contributed by atoms with Crippen LogP contribution in [0.3, 0.4) is 0 Å². The molecule has 1 atom stereocenters. The number of hydrogen-bond acceptors (Lipinski definition) is 7. The first kappa shape index (κ1) is 24.2. The van der Waals surface area contributed by atoms with Crippen molar-refractivity contribution in [3.05, 3.63) is 46.0 Å². The standard InChI is InChI=1S/C26H35N5O3S/c1-28(2)15-23(33)31-17-26(7-10-30(11-8-26)14-22-27-9-12-35-22)24-19-6-5-18(34-4)13-20(19)29(3)25(24)21(31)16-32/h5-6,9,12-13,21,32H,7-8,10-11,14-17H2,1-4H3/t21-/m0/s1. The second-order valence-corrected chi connectivity index (χ2v) is 11.1. The first-order valence-corrected chi connectivity index (χ1v) is 13.1. The smallest absolute Gasteiger partial charge is 0.237 e. The number of aromatic nitrogens is 2. The molecule has 1 amide bonds. The highest BCUT2D eigenvalue weighted by molar-refractivity contribution is 7.09. The number of likely N-dealkylation sites (tertiary alicyclic amines) is 1. The summed E-state index contributed by atoms with van der Waals surface area (Å²) in [4.78, 5) is 24.2. The zero-order chi connectivity index (χ0) is 24.7. The van der Waals surface area contributed by atoms with Crippen molar-refractivity contribution in [2.24, 2.45) is 7.05 Å². The lowest BCUT2D eigenvalue weighted by Crippen LogP contribution is -2.56. The van der Waals surface area contributed by atoms with Crippen LogP contribution in [0, 0.1) is 0 Å². The summed E-state index contributed by atoms with van der Waals surface area (Å²) in [5, 5.41) is 14.9. The first-order valence-electron chi connectivity index (χ1n) is 12.2. The van der Waals surface area contributed by atoms with E-state index in [1.165, 1.54) is 10.9 Å². The van der Waals surface area contributed by atoms with Crippen molar-refractivity contribution < 1.29 is 14.6 Å². The fraction of sp³-hybridized carbons (Fsp3) is 0.538. The number of carbonyl (C=O) groups excluding carboxylic acids is 1. The number of carbonyl (C=O) groups is 1. The third-order valence-corrected chi connectivity index (χ3v) is 8.51. The number of piperidine rings is 1. The van der Waals surface area contributed by atoms with Gasteiger partial charge in [-0.1, -0.05) is 0 Å². The van der Waals surface area contributed by atoms with Crippen molar-refractivity contribution in [3.8, 4) is 5.75 Å². The molecule has 1 saturated heterocycles. The van der Waals surface area contributed by atoms with Crippen molar-refractivity contribution in [2.75, 3.05) is 54.0 Å². The van der Waals surface area contributed by atoms with Crippen LogP contribution in [0.2, 0.25) is 0 Å². The Hall–Kier alpha value is -2.46. The summed E-state index contributed by atoms with van der Waals surface area (Å²) < 4.78 is 7.70. The molecule has 8 nitrogen and oxygen atoms in total. The molecule has 1 fully saturated rings. The number of benzene rings is 1. The second-order valence-electron chi connectivity index (χ2n) is 10.1. The van der Waals surface area contributed by atoms with Gasteiger partial charge >= 0.3 is 0 Å². The van der Waals surface area contributed by atoms with Gasteiger partial charge in [0, 0.05) is 47.7 Å². The number of aliphatic hydroxyl groups is 1. The molecule has 5 rings (SSSR count). The fourth-order valence-electron chi connectivity index (χ4n) is 6.05. The summed E-state index contributed by atoms with van der Waals surface area (Å²) in [5.74, 6) is 0.871. The molecule has 0 bridgehead atoms. The molecule has 1 N–H and O–H groups in total. The number of rotatable bonds is 6. The molecule has 0 unspecified atom stereocenters. The minimum atomic E-state index is -0.361. The zero-order valence-corrected chi connectivity index (χ0v) is 21.8. The lowest BCUT2D eigenvalue weighted by molar-refractivity contribution is -0.138. The summed E-state index contributed by atoms with van der Waals surface area (Å²) in [6.45, 7) is 3.63. The molecule has 9 heteroatoms. The Kier molecular flexibility index (Phi) is 6.61. The molecular formula is C26H35N5O3S. The van der Waals surface area contributed by atoms with Crippen LogP contribution in [-0.4, -0.2) is 89.3 Å². The molecule has 3 aromatic rings. The number of fused-ring (bicyclic) bond motifs is 4. The van der Waals surface area contributed by atoms with Gasteiger partial charge in [0.05, 0.1) is 38.4 Å². The van der Waals surface area contributed by atoms with Crippen LogP contribution in [0.15, 0.2) is 29.8 Å². The minimum Gasteiger partial charge on any atom is -0.497 e. The largest absolute Gasteiger partial charge is 0.497 e. The molecular weight excluding hydrogens is 462 g/mol. The van der Waals surface area contributed by atoms with Crippen molar-refractivity contribution >= 4 is 28.1 Å². The van der Waals surface area contributed by atoms with Crippen molar-refractivity contribution in [2.45, 2.75) is 30.8 Å². The number of methoxy groups -OCH3 is 1. The maximum absolute atomic E-state index is 13.4. The Balaban J connectivity index is 1.59. The Labute approximate surface area is 210 Å². The molecule has 0 radical (unpaired) electrons. The summed E-state index contributed by atoms with van der Waals surface area (Å²) >= 11 is 1.70. The average Bonchev–Trinajstić information content (AvgIpc) is 3.46. The Morgan fingerprint density at radius 3 is 2.71 bits per heavy atom. The third kappa shape index (κ3) is 4.24. The zero-order valence-electron chi connectivity index (χ0n) is 21.0. The predicted octanol–water partition coefficient (Wildman–Crippen LogP) is 2.61. The monoisotopic (exact) mass is 497 g/mol. The third-order valence-electron chi connectivity index (χ3n) is 7.75. The van der Waals surface area contributed by atoms with Crippen LogP contribution >= 0.6 is 11.3 Å². The Morgan fingerprint density at radius 1 is 1.31 bits per heavy atom. The number of ether oxygens (including phenoxy) is 1. The number of nitrogens with zero attached hydrogens (tertiary/aromatic N) is 5. The van der Waals surface area contributed by atoms with Gasteiger partial charge in [0.1, 0.15) is 10.8 Å². The van der Waals surface area contributed by atoms with Gasteiger partial charge in [0.15, 0.2) is 0 Å². The lowest BCUT2D eigenvalue weighted by atomic mass is 9.68. The molecule has 1 spiro atoms. The van der Waals surface area contributed by atoms with Crippen molar-refractivity contribution in [1.29, 1.82) is 0 Å². The van der Waals surface area contributed by atoms with E-state index < -0.39 is 0 Å². The van der Waals surface area contributed by atoms with Crippen molar-refractivity contribution in [1.82, 2.24) is 24.3 Å². The molecule has 0 saturated carbocycles. The number of likely N-dealkylation sites (N-methyl/N-ethyl adjacent to an activating group) is 1. The molecule has 2 aliphatic rings. The van der Waals surface area contributed by atoms with Crippen molar-refractivity contribution in [3.63, 3.8) is 0 Å². The van der Waals surface area contributed by atoms with E-state index in [0.29, 0.717) is 13.1 Å². The quantitative estimate of drug-likeness (QED) is 0.565. The van der Waals surface area contributed by atoms with E-state index >= 15 is 0 Å². The highest BCUT2D eigenvalue weighted by Gasteiger charge is 2.49. The van der Waals surface area contributed by atoms with Gasteiger partial charge in [0.2, 0.25) is 5.91 Å². The minimum absolute atomic E-state index is 0.0622. The maximum atomic E-state index is 13.4. The van der Waals surface area contributed by atoms with E-state index in [-0.39, 0.29) is 24.0 Å². The molecule has 35 heavy (non-hydrogen) atoms. The van der Waals surface area contributed by atoms with E-state index in [2.05, 4.69) is 33.6 Å². The summed E-state index contributed by atoms with van der Waals surface area (Å²) in [6, 6.07) is 5.88. The Bertz CT molecular complexity index is 1200. The Morgan fingerprint density at radius 2 is 2.09 bits per heavy atom. The van der Waals surface area contributed by atoms with Gasteiger partial charge in [-0.2, -0.15) is 0 Å². The van der Waals surface area contributed by atoms with Crippen LogP contribution in [0.25, 0.3) is 10.9 Å². The highest BCUT2D eigenvalue weighted by Crippen LogP contribution is 2.50. The number of hydrogen-bond donors (Lipinski definition) is 1. The van der Waals surface area contributed by atoms with Gasteiger partial charge in [-0.25, -0.2) is 4.98 Å². The van der Waals surface area contributed by atoms with Gasteiger partial charge < -0.3 is 24.2 Å². The summed E-state index contributed by atoms with van der Waals surface area (Å²) in [7, 11) is 7.56. The molecule has 4 heterocycles. The van der Waals surface area contributed by atoms with Gasteiger partial charge in [-0.3, -0.25) is 9.69 Å². The number of aryl methyl sites for hydroxylation is 1. The predicted molar refractivity (Wildman–Crippen MR) is 138 cm³/mol. The molecule has 2 aliphatic heterocycles. The highest BCUT2D eigenvalue weighted by atomic mass is 32.1. The number of thiazole rings is 1. The molecule has 2 aromatic heterocycles. The van der Waals surface area contributed by atoms with E-state index in [0.717, 1.165) is 54.4 Å². The first-order chi connectivity index (χ1) is 16.9. The van der Waals surface area contributed by atoms with E-state index in [4.69, 9.17) is 4.74 Å².